The van der Waals surface area contributed by atoms with Crippen LogP contribution in [0.4, 0.5) is 14.5 Å². The van der Waals surface area contributed by atoms with Crippen molar-refractivity contribution in [2.24, 2.45) is 0 Å². The van der Waals surface area contributed by atoms with Crippen LogP contribution in [0.25, 0.3) is 21.8 Å². The minimum absolute atomic E-state index is 0.0540. The van der Waals surface area contributed by atoms with Crippen LogP contribution in [0.5, 0.6) is 0 Å². The highest BCUT2D eigenvalue weighted by Gasteiger charge is 2.27. The molecule has 0 aliphatic carbocycles. The molecule has 2 aromatic carbocycles. The van der Waals surface area contributed by atoms with E-state index in [1.807, 2.05) is 37.4 Å². The molecule has 0 saturated carbocycles. The zero-order valence-corrected chi connectivity index (χ0v) is 14.8. The van der Waals surface area contributed by atoms with Gasteiger partial charge in [-0.15, -0.1) is 0 Å². The van der Waals surface area contributed by atoms with Gasteiger partial charge in [-0.2, -0.15) is 0 Å². The number of benzene rings is 2. The molecule has 0 N–H and O–H groups in total. The number of aromatic nitrogens is 2. The van der Waals surface area contributed by atoms with Crippen LogP contribution >= 0.6 is 0 Å². The summed E-state index contributed by atoms with van der Waals surface area (Å²) in [6.45, 7) is 2.63. The summed E-state index contributed by atoms with van der Waals surface area (Å²) in [7, 11) is 0. The van der Waals surface area contributed by atoms with Crippen molar-refractivity contribution in [2.75, 3.05) is 11.4 Å². The Kier molecular flexibility index (Phi) is 3.57. The summed E-state index contributed by atoms with van der Waals surface area (Å²) >= 11 is 0. The molecule has 5 heteroatoms. The van der Waals surface area contributed by atoms with Crippen molar-refractivity contribution in [1.82, 2.24) is 9.97 Å². The van der Waals surface area contributed by atoms with Crippen LogP contribution in [0.3, 0.4) is 0 Å². The van der Waals surface area contributed by atoms with Crippen LogP contribution in [0.15, 0.2) is 54.9 Å². The fourth-order valence-corrected chi connectivity index (χ4v) is 4.08. The van der Waals surface area contributed by atoms with Crippen molar-refractivity contribution < 1.29 is 8.78 Å². The maximum Gasteiger partial charge on any atom is 0.162 e. The highest BCUT2D eigenvalue weighted by molar-refractivity contribution is 6.03. The number of hydrogen-bond acceptors (Lipinski definition) is 3. The topological polar surface area (TPSA) is 29.0 Å². The molecule has 5 rings (SSSR count). The van der Waals surface area contributed by atoms with Gasteiger partial charge in [0.05, 0.1) is 29.0 Å². The lowest BCUT2D eigenvalue weighted by molar-refractivity contribution is 0.484. The molecule has 1 atom stereocenters. The Morgan fingerprint density at radius 1 is 1.00 bits per heavy atom. The molecule has 0 spiro atoms. The van der Waals surface area contributed by atoms with E-state index in [1.54, 1.807) is 12.3 Å². The highest BCUT2D eigenvalue weighted by atomic mass is 19.2. The summed E-state index contributed by atoms with van der Waals surface area (Å²) in [6.07, 6.45) is 4.09. The minimum atomic E-state index is -0.777. The van der Waals surface area contributed by atoms with E-state index in [2.05, 4.69) is 20.9 Å². The van der Waals surface area contributed by atoms with E-state index in [4.69, 9.17) is 0 Å². The minimum Gasteiger partial charge on any atom is -0.363 e. The Labute approximate surface area is 155 Å². The van der Waals surface area contributed by atoms with E-state index < -0.39 is 11.6 Å². The Morgan fingerprint density at radius 2 is 1.81 bits per heavy atom. The highest BCUT2D eigenvalue weighted by Crippen LogP contribution is 2.36. The van der Waals surface area contributed by atoms with E-state index >= 15 is 0 Å². The van der Waals surface area contributed by atoms with Crippen LogP contribution in [-0.4, -0.2) is 16.5 Å². The lowest BCUT2D eigenvalue weighted by Crippen LogP contribution is -2.34. The second-order valence-electron chi connectivity index (χ2n) is 6.95. The molecule has 1 unspecified atom stereocenters. The first-order chi connectivity index (χ1) is 13.1. The van der Waals surface area contributed by atoms with Crippen molar-refractivity contribution in [2.45, 2.75) is 19.4 Å². The number of hydrogen-bond donors (Lipinski definition) is 0. The fourth-order valence-electron chi connectivity index (χ4n) is 4.08. The average Bonchev–Trinajstić information content (AvgIpc) is 2.70. The molecule has 3 heterocycles. The molecule has 0 fully saturated rings. The zero-order chi connectivity index (χ0) is 18.5. The predicted molar refractivity (Wildman–Crippen MR) is 103 cm³/mol. The summed E-state index contributed by atoms with van der Waals surface area (Å²) < 4.78 is 27.7. The van der Waals surface area contributed by atoms with Crippen molar-refractivity contribution in [3.8, 4) is 0 Å². The summed E-state index contributed by atoms with van der Waals surface area (Å²) in [5.74, 6) is -1.49. The largest absolute Gasteiger partial charge is 0.363 e. The second-order valence-corrected chi connectivity index (χ2v) is 6.95. The van der Waals surface area contributed by atoms with Crippen molar-refractivity contribution in [1.29, 1.82) is 0 Å². The molecule has 4 aromatic rings. The van der Waals surface area contributed by atoms with Crippen molar-refractivity contribution in [3.63, 3.8) is 0 Å². The Bertz CT molecular complexity index is 1190. The summed E-state index contributed by atoms with van der Waals surface area (Å²) in [4.78, 5) is 11.3. The summed E-state index contributed by atoms with van der Waals surface area (Å²) in [5, 5.41) is 2.07. The van der Waals surface area contributed by atoms with Crippen LogP contribution in [-0.2, 0) is 6.42 Å². The van der Waals surface area contributed by atoms with Crippen LogP contribution < -0.4 is 4.90 Å². The molecule has 0 amide bonds. The number of nitrogens with zero attached hydrogens (tertiary/aromatic N) is 3. The van der Waals surface area contributed by atoms with Crippen LogP contribution in [0.2, 0.25) is 0 Å². The first kappa shape index (κ1) is 16.1. The standard InChI is InChI=1S/C22H17F2N3/c1-13-17-6-7-19(23)20(24)18(17)8-10-27(13)16-11-15-5-4-14-3-2-9-25-21(14)22(15)26-12-16/h2-7,9,11-13H,8,10H2,1H3. The summed E-state index contributed by atoms with van der Waals surface area (Å²) in [5.41, 5.74) is 4.05. The van der Waals surface area contributed by atoms with Gasteiger partial charge in [0.2, 0.25) is 0 Å². The van der Waals surface area contributed by atoms with Gasteiger partial charge >= 0.3 is 0 Å². The Balaban J connectivity index is 1.59. The third-order valence-corrected chi connectivity index (χ3v) is 5.49. The molecular formula is C22H17F2N3. The molecule has 0 bridgehead atoms. The number of fused-ring (bicyclic) bond motifs is 4. The van der Waals surface area contributed by atoms with Gasteiger partial charge in [0.15, 0.2) is 11.6 Å². The normalized spacial score (nSPS) is 16.7. The average molecular weight is 361 g/mol. The molecule has 134 valence electrons. The molecule has 0 radical (unpaired) electrons. The van der Waals surface area contributed by atoms with Crippen molar-refractivity contribution in [3.05, 3.63) is 77.6 Å². The van der Waals surface area contributed by atoms with Gasteiger partial charge in [-0.3, -0.25) is 9.97 Å². The van der Waals surface area contributed by atoms with Gasteiger partial charge in [0.25, 0.3) is 0 Å². The molecule has 1 aliphatic rings. The summed E-state index contributed by atoms with van der Waals surface area (Å²) in [6, 6.07) is 13.0. The third kappa shape index (κ3) is 2.46. The maximum absolute atomic E-state index is 14.1. The van der Waals surface area contributed by atoms with E-state index in [0.717, 1.165) is 33.1 Å². The van der Waals surface area contributed by atoms with E-state index in [9.17, 15) is 8.78 Å². The molecular weight excluding hydrogens is 344 g/mol. The zero-order valence-electron chi connectivity index (χ0n) is 14.8. The molecule has 1 aliphatic heterocycles. The molecule has 3 nitrogen and oxygen atoms in total. The van der Waals surface area contributed by atoms with Gasteiger partial charge in [-0.25, -0.2) is 8.78 Å². The van der Waals surface area contributed by atoms with Gasteiger partial charge in [-0.05, 0) is 42.7 Å². The van der Waals surface area contributed by atoms with Crippen LogP contribution in [0.1, 0.15) is 24.1 Å². The molecule has 0 saturated heterocycles. The lowest BCUT2D eigenvalue weighted by Gasteiger charge is -2.37. The van der Waals surface area contributed by atoms with Gasteiger partial charge < -0.3 is 4.90 Å². The van der Waals surface area contributed by atoms with Crippen molar-refractivity contribution >= 4 is 27.5 Å². The Hall–Kier alpha value is -3.08. The smallest absolute Gasteiger partial charge is 0.162 e. The van der Waals surface area contributed by atoms with Gasteiger partial charge in [-0.1, -0.05) is 24.3 Å². The third-order valence-electron chi connectivity index (χ3n) is 5.49. The van der Waals surface area contributed by atoms with Gasteiger partial charge in [0, 0.05) is 23.5 Å². The monoisotopic (exact) mass is 361 g/mol. The number of halogens is 2. The number of rotatable bonds is 1. The lowest BCUT2D eigenvalue weighted by atomic mass is 9.92. The first-order valence-electron chi connectivity index (χ1n) is 9.00. The molecule has 2 aromatic heterocycles. The first-order valence-corrected chi connectivity index (χ1v) is 9.00. The molecule has 27 heavy (non-hydrogen) atoms. The quantitative estimate of drug-likeness (QED) is 0.437. The Morgan fingerprint density at radius 3 is 2.70 bits per heavy atom. The van der Waals surface area contributed by atoms with Gasteiger partial charge in [0.1, 0.15) is 0 Å². The second kappa shape index (κ2) is 5.98. The SMILES string of the molecule is CC1c2ccc(F)c(F)c2CCN1c1cnc2c(ccc3cccnc32)c1. The predicted octanol–water partition coefficient (Wildman–Crippen LogP) is 5.18. The number of pyridine rings is 2. The maximum atomic E-state index is 14.1. The fraction of sp³-hybridized carbons (Fsp3) is 0.182. The number of anilines is 1. The van der Waals surface area contributed by atoms with Crippen LogP contribution in [0, 0.1) is 11.6 Å². The van der Waals surface area contributed by atoms with E-state index in [1.165, 1.54) is 6.07 Å². The van der Waals surface area contributed by atoms with E-state index in [0.29, 0.717) is 18.5 Å². The van der Waals surface area contributed by atoms with E-state index in [-0.39, 0.29) is 6.04 Å².